The second-order valence-electron chi connectivity index (χ2n) is 8.05. The van der Waals surface area contributed by atoms with Crippen molar-refractivity contribution in [3.63, 3.8) is 0 Å². The SMILES string of the molecule is CC1(C)CCC(=O)c2c([C@@H]3C[C@H]3c3ccccc3)nn(CC(F)(F)F)c21. The number of carbonyl (C=O) groups is 1. The van der Waals surface area contributed by atoms with Crippen molar-refractivity contribution in [2.45, 2.75) is 63.1 Å². The van der Waals surface area contributed by atoms with Gasteiger partial charge in [0.25, 0.3) is 0 Å². The van der Waals surface area contributed by atoms with Gasteiger partial charge in [-0.15, -0.1) is 0 Å². The lowest BCUT2D eigenvalue weighted by atomic mass is 9.75. The Morgan fingerprint density at radius 2 is 1.88 bits per heavy atom. The van der Waals surface area contributed by atoms with E-state index in [-0.39, 0.29) is 17.6 Å². The molecule has 3 nitrogen and oxygen atoms in total. The van der Waals surface area contributed by atoms with E-state index in [0.717, 1.165) is 16.7 Å². The third kappa shape index (κ3) is 2.95. The lowest BCUT2D eigenvalue weighted by Crippen LogP contribution is -2.32. The highest BCUT2D eigenvalue weighted by Crippen LogP contribution is 2.56. The number of benzene rings is 1. The summed E-state index contributed by atoms with van der Waals surface area (Å²) in [5.74, 6) is 0.187. The van der Waals surface area contributed by atoms with Crippen molar-refractivity contribution in [3.8, 4) is 0 Å². The van der Waals surface area contributed by atoms with E-state index >= 15 is 0 Å². The van der Waals surface area contributed by atoms with Crippen molar-refractivity contribution in [1.29, 1.82) is 0 Å². The first-order chi connectivity index (χ1) is 12.2. The van der Waals surface area contributed by atoms with E-state index in [1.807, 2.05) is 44.2 Å². The normalized spacial score (nSPS) is 24.4. The summed E-state index contributed by atoms with van der Waals surface area (Å²) in [6.45, 7) is 2.66. The van der Waals surface area contributed by atoms with Gasteiger partial charge in [-0.3, -0.25) is 9.48 Å². The largest absolute Gasteiger partial charge is 0.408 e. The maximum Gasteiger partial charge on any atom is 0.408 e. The van der Waals surface area contributed by atoms with Gasteiger partial charge < -0.3 is 0 Å². The van der Waals surface area contributed by atoms with Gasteiger partial charge in [0.2, 0.25) is 0 Å². The van der Waals surface area contributed by atoms with Crippen LogP contribution in [0.3, 0.4) is 0 Å². The average Bonchev–Trinajstić information content (AvgIpc) is 3.26. The summed E-state index contributed by atoms with van der Waals surface area (Å²) < 4.78 is 40.3. The van der Waals surface area contributed by atoms with Gasteiger partial charge in [0.15, 0.2) is 5.78 Å². The van der Waals surface area contributed by atoms with Gasteiger partial charge >= 0.3 is 6.18 Å². The van der Waals surface area contributed by atoms with Gasteiger partial charge in [0.05, 0.1) is 17.0 Å². The Morgan fingerprint density at radius 1 is 1.19 bits per heavy atom. The fourth-order valence-electron chi connectivity index (χ4n) is 4.22. The van der Waals surface area contributed by atoms with Crippen LogP contribution in [0, 0.1) is 0 Å². The number of fused-ring (bicyclic) bond motifs is 1. The van der Waals surface area contributed by atoms with E-state index in [1.165, 1.54) is 0 Å². The minimum Gasteiger partial charge on any atom is -0.294 e. The van der Waals surface area contributed by atoms with Crippen molar-refractivity contribution < 1.29 is 18.0 Å². The second kappa shape index (κ2) is 5.69. The van der Waals surface area contributed by atoms with E-state index in [4.69, 9.17) is 0 Å². The molecule has 0 bridgehead atoms. The molecule has 0 N–H and O–H groups in total. The molecule has 1 aromatic heterocycles. The van der Waals surface area contributed by atoms with Gasteiger partial charge in [0.1, 0.15) is 6.54 Å². The number of alkyl halides is 3. The topological polar surface area (TPSA) is 34.9 Å². The van der Waals surface area contributed by atoms with Crippen LogP contribution in [0.25, 0.3) is 0 Å². The van der Waals surface area contributed by atoms with Crippen LogP contribution in [0.4, 0.5) is 13.2 Å². The quantitative estimate of drug-likeness (QED) is 0.773. The number of hydrogen-bond donors (Lipinski definition) is 0. The third-order valence-electron chi connectivity index (χ3n) is 5.57. The number of hydrogen-bond acceptors (Lipinski definition) is 2. The summed E-state index contributed by atoms with van der Waals surface area (Å²) in [7, 11) is 0. The van der Waals surface area contributed by atoms with Crippen LogP contribution < -0.4 is 0 Å². The maximum absolute atomic E-state index is 13.1. The minimum absolute atomic E-state index is 0.0264. The highest BCUT2D eigenvalue weighted by Gasteiger charge is 2.48. The molecule has 0 radical (unpaired) electrons. The van der Waals surface area contributed by atoms with E-state index in [2.05, 4.69) is 5.10 Å². The van der Waals surface area contributed by atoms with Gasteiger partial charge in [-0.1, -0.05) is 44.2 Å². The zero-order valence-electron chi connectivity index (χ0n) is 14.8. The van der Waals surface area contributed by atoms with E-state index in [9.17, 15) is 18.0 Å². The molecule has 0 saturated heterocycles. The Kier molecular flexibility index (Phi) is 3.79. The Morgan fingerprint density at radius 3 is 2.54 bits per heavy atom. The molecule has 26 heavy (non-hydrogen) atoms. The monoisotopic (exact) mass is 362 g/mol. The Labute approximate surface area is 150 Å². The molecule has 1 saturated carbocycles. The highest BCUT2D eigenvalue weighted by atomic mass is 19.4. The molecule has 2 aliphatic carbocycles. The Bertz CT molecular complexity index is 852. The molecule has 2 atom stereocenters. The van der Waals surface area contributed by atoms with Crippen LogP contribution in [-0.4, -0.2) is 21.7 Å². The summed E-state index contributed by atoms with van der Waals surface area (Å²) in [4.78, 5) is 12.6. The fraction of sp³-hybridized carbons (Fsp3) is 0.500. The Balaban J connectivity index is 1.78. The van der Waals surface area contributed by atoms with Gasteiger partial charge in [-0.05, 0) is 24.3 Å². The van der Waals surface area contributed by atoms with Crippen molar-refractivity contribution in [2.24, 2.45) is 0 Å². The van der Waals surface area contributed by atoms with Crippen LogP contribution in [0.15, 0.2) is 30.3 Å². The number of Topliss-reactive ketones (excluding diaryl/α,β-unsaturated/α-hetero) is 1. The number of aromatic nitrogens is 2. The molecule has 0 spiro atoms. The van der Waals surface area contributed by atoms with Crippen LogP contribution in [0.1, 0.15) is 72.3 Å². The first-order valence-corrected chi connectivity index (χ1v) is 8.93. The predicted molar refractivity (Wildman–Crippen MR) is 91.4 cm³/mol. The van der Waals surface area contributed by atoms with Crippen molar-refractivity contribution in [3.05, 3.63) is 52.8 Å². The fourth-order valence-corrected chi connectivity index (χ4v) is 4.22. The third-order valence-corrected chi connectivity index (χ3v) is 5.57. The van der Waals surface area contributed by atoms with Gasteiger partial charge in [0, 0.05) is 17.8 Å². The smallest absolute Gasteiger partial charge is 0.294 e. The molecule has 0 unspecified atom stereocenters. The molecular formula is C20H21F3N2O. The summed E-state index contributed by atoms with van der Waals surface area (Å²) in [5, 5.41) is 4.34. The molecule has 4 rings (SSSR count). The summed E-state index contributed by atoms with van der Waals surface area (Å²) in [6, 6.07) is 9.89. The molecule has 138 valence electrons. The maximum atomic E-state index is 13.1. The molecule has 1 aromatic carbocycles. The molecular weight excluding hydrogens is 341 g/mol. The average molecular weight is 362 g/mol. The first kappa shape index (κ1) is 17.3. The van der Waals surface area contributed by atoms with Crippen LogP contribution in [-0.2, 0) is 12.0 Å². The second-order valence-corrected chi connectivity index (χ2v) is 8.05. The lowest BCUT2D eigenvalue weighted by molar-refractivity contribution is -0.143. The molecule has 2 aromatic rings. The van der Waals surface area contributed by atoms with Gasteiger partial charge in [-0.25, -0.2) is 0 Å². The van der Waals surface area contributed by atoms with Crippen LogP contribution in [0.5, 0.6) is 0 Å². The number of carbonyl (C=O) groups excluding carboxylic acids is 1. The number of nitrogens with zero attached hydrogens (tertiary/aromatic N) is 2. The van der Waals surface area contributed by atoms with Crippen molar-refractivity contribution in [2.75, 3.05) is 0 Å². The van der Waals surface area contributed by atoms with E-state index in [1.54, 1.807) is 0 Å². The highest BCUT2D eigenvalue weighted by molar-refractivity contribution is 6.00. The molecule has 6 heteroatoms. The van der Waals surface area contributed by atoms with Crippen molar-refractivity contribution >= 4 is 5.78 Å². The molecule has 2 aliphatic rings. The van der Waals surface area contributed by atoms with Gasteiger partial charge in [-0.2, -0.15) is 18.3 Å². The minimum atomic E-state index is -4.37. The first-order valence-electron chi connectivity index (χ1n) is 8.93. The van der Waals surface area contributed by atoms with Crippen LogP contribution >= 0.6 is 0 Å². The lowest BCUT2D eigenvalue weighted by Gasteiger charge is -2.30. The standard InChI is InChI=1S/C20H21F3N2O/c1-19(2)9-8-15(26)16-17(24-25(18(16)19)11-20(21,22)23)14-10-13(14)12-6-4-3-5-7-12/h3-7,13-14H,8-11H2,1-2H3/t13-,14+/m0/s1. The summed E-state index contributed by atoms with van der Waals surface area (Å²) >= 11 is 0. The Hall–Kier alpha value is -2.11. The van der Waals surface area contributed by atoms with Crippen LogP contribution in [0.2, 0.25) is 0 Å². The van der Waals surface area contributed by atoms with E-state index < -0.39 is 18.1 Å². The zero-order chi connectivity index (χ0) is 18.7. The molecule has 1 fully saturated rings. The molecule has 0 amide bonds. The number of halogens is 3. The van der Waals surface area contributed by atoms with E-state index in [0.29, 0.717) is 29.8 Å². The zero-order valence-corrected chi connectivity index (χ0v) is 14.8. The number of ketones is 1. The molecule has 1 heterocycles. The summed E-state index contributed by atoms with van der Waals surface area (Å²) in [5.41, 5.74) is 2.14. The number of rotatable bonds is 3. The van der Waals surface area contributed by atoms with Crippen molar-refractivity contribution in [1.82, 2.24) is 9.78 Å². The predicted octanol–water partition coefficient (Wildman–Crippen LogP) is 4.97. The summed E-state index contributed by atoms with van der Waals surface area (Å²) in [6.07, 6.45) is -2.62. The molecule has 0 aliphatic heterocycles.